The average molecular weight is 206 g/mol. The second-order valence-corrected chi connectivity index (χ2v) is 3.12. The largest absolute Gasteiger partial charge is 0.508 e. The summed E-state index contributed by atoms with van der Waals surface area (Å²) >= 11 is 5.48. The van der Waals surface area contributed by atoms with Crippen LogP contribution >= 0.6 is 11.6 Å². The molecule has 0 unspecified atom stereocenters. The highest BCUT2D eigenvalue weighted by atomic mass is 35.5. The lowest BCUT2D eigenvalue weighted by atomic mass is 10.2. The van der Waals surface area contributed by atoms with Crippen molar-refractivity contribution >= 4 is 11.6 Å². The number of hydrogen-bond donors (Lipinski definition) is 2. The smallest absolute Gasteiger partial charge is 0.145 e. The van der Waals surface area contributed by atoms with Crippen molar-refractivity contribution in [2.75, 3.05) is 7.05 Å². The van der Waals surface area contributed by atoms with E-state index in [9.17, 15) is 9.50 Å². The Morgan fingerprint density at radius 1 is 1.54 bits per heavy atom. The van der Waals surface area contributed by atoms with Gasteiger partial charge in [0.2, 0.25) is 0 Å². The molecular formula is C8H9ClFNO2. The Hall–Kier alpha value is -0.840. The van der Waals surface area contributed by atoms with Crippen molar-refractivity contribution in [3.05, 3.63) is 28.5 Å². The van der Waals surface area contributed by atoms with Crippen LogP contribution in [-0.2, 0) is 6.54 Å². The van der Waals surface area contributed by atoms with Crippen LogP contribution in [0.5, 0.6) is 5.75 Å². The number of phenols is 1. The van der Waals surface area contributed by atoms with Gasteiger partial charge in [-0.05, 0) is 6.07 Å². The molecule has 0 radical (unpaired) electrons. The van der Waals surface area contributed by atoms with E-state index >= 15 is 0 Å². The monoisotopic (exact) mass is 205 g/mol. The Kier molecular flexibility index (Phi) is 3.08. The summed E-state index contributed by atoms with van der Waals surface area (Å²) < 4.78 is 12.7. The molecule has 0 aliphatic heterocycles. The van der Waals surface area contributed by atoms with E-state index < -0.39 is 5.82 Å². The molecule has 1 aromatic rings. The van der Waals surface area contributed by atoms with E-state index in [-0.39, 0.29) is 17.3 Å². The van der Waals surface area contributed by atoms with Crippen molar-refractivity contribution in [1.29, 1.82) is 0 Å². The zero-order chi connectivity index (χ0) is 10.0. The third kappa shape index (κ3) is 2.55. The van der Waals surface area contributed by atoms with Gasteiger partial charge >= 0.3 is 0 Å². The van der Waals surface area contributed by atoms with Gasteiger partial charge in [0.1, 0.15) is 11.6 Å². The molecule has 2 N–H and O–H groups in total. The molecule has 1 rings (SSSR count). The quantitative estimate of drug-likeness (QED) is 0.726. The topological polar surface area (TPSA) is 43.7 Å². The number of nitrogens with zero attached hydrogens (tertiary/aromatic N) is 1. The fourth-order valence-corrected chi connectivity index (χ4v) is 1.14. The number of hydrogen-bond acceptors (Lipinski definition) is 3. The van der Waals surface area contributed by atoms with Crippen molar-refractivity contribution < 1.29 is 14.7 Å². The lowest BCUT2D eigenvalue weighted by Crippen LogP contribution is -2.11. The minimum atomic E-state index is -0.677. The third-order valence-electron chi connectivity index (χ3n) is 1.52. The van der Waals surface area contributed by atoms with E-state index in [1.54, 1.807) is 0 Å². The lowest BCUT2D eigenvalue weighted by Gasteiger charge is -2.10. The Morgan fingerprint density at radius 2 is 2.15 bits per heavy atom. The highest BCUT2D eigenvalue weighted by molar-refractivity contribution is 6.30. The van der Waals surface area contributed by atoms with Gasteiger partial charge in [-0.15, -0.1) is 0 Å². The zero-order valence-electron chi connectivity index (χ0n) is 6.96. The molecule has 0 aliphatic carbocycles. The van der Waals surface area contributed by atoms with Gasteiger partial charge in [0.05, 0.1) is 11.6 Å². The Bertz CT molecular complexity index is 317. The van der Waals surface area contributed by atoms with Crippen LogP contribution in [-0.4, -0.2) is 22.4 Å². The van der Waals surface area contributed by atoms with Gasteiger partial charge < -0.3 is 10.3 Å². The highest BCUT2D eigenvalue weighted by Gasteiger charge is 2.08. The second-order valence-electron chi connectivity index (χ2n) is 2.71. The molecule has 72 valence electrons. The first-order valence-electron chi connectivity index (χ1n) is 3.57. The van der Waals surface area contributed by atoms with Crippen LogP contribution in [0.2, 0.25) is 5.02 Å². The molecule has 0 spiro atoms. The third-order valence-corrected chi connectivity index (χ3v) is 1.81. The molecule has 0 aliphatic rings. The Balaban J connectivity index is 3.01. The molecule has 0 amide bonds. The van der Waals surface area contributed by atoms with Crippen molar-refractivity contribution in [3.63, 3.8) is 0 Å². The number of hydroxylamine groups is 2. The molecule has 0 heterocycles. The second kappa shape index (κ2) is 3.91. The minimum Gasteiger partial charge on any atom is -0.508 e. The van der Waals surface area contributed by atoms with Gasteiger partial charge in [-0.1, -0.05) is 11.6 Å². The predicted octanol–water partition coefficient (Wildman–Crippen LogP) is 2.01. The van der Waals surface area contributed by atoms with Crippen LogP contribution in [0.1, 0.15) is 5.56 Å². The summed E-state index contributed by atoms with van der Waals surface area (Å²) in [7, 11) is 1.41. The zero-order valence-corrected chi connectivity index (χ0v) is 7.72. The van der Waals surface area contributed by atoms with E-state index in [4.69, 9.17) is 16.8 Å². The van der Waals surface area contributed by atoms with Gasteiger partial charge in [-0.2, -0.15) is 5.06 Å². The van der Waals surface area contributed by atoms with Crippen LogP contribution in [0.3, 0.4) is 0 Å². The van der Waals surface area contributed by atoms with Gasteiger partial charge in [0, 0.05) is 18.7 Å². The summed E-state index contributed by atoms with van der Waals surface area (Å²) in [5, 5.41) is 18.9. The number of phenolic OH excluding ortho intramolecular Hbond substituents is 1. The maximum atomic E-state index is 12.7. The molecule has 0 saturated carbocycles. The van der Waals surface area contributed by atoms with Crippen LogP contribution in [0.15, 0.2) is 12.1 Å². The molecule has 3 nitrogen and oxygen atoms in total. The maximum Gasteiger partial charge on any atom is 0.145 e. The van der Waals surface area contributed by atoms with Crippen LogP contribution < -0.4 is 0 Å². The van der Waals surface area contributed by atoms with E-state index in [0.717, 1.165) is 11.1 Å². The van der Waals surface area contributed by atoms with Crippen molar-refractivity contribution in [3.8, 4) is 5.75 Å². The van der Waals surface area contributed by atoms with Crippen LogP contribution in [0, 0.1) is 5.82 Å². The number of benzene rings is 1. The molecule has 0 fully saturated rings. The molecule has 0 bridgehead atoms. The summed E-state index contributed by atoms with van der Waals surface area (Å²) in [5.74, 6) is -0.897. The van der Waals surface area contributed by atoms with Gasteiger partial charge in [0.25, 0.3) is 0 Å². The fraction of sp³-hybridized carbons (Fsp3) is 0.250. The highest BCUT2D eigenvalue weighted by Crippen LogP contribution is 2.25. The molecule has 0 atom stereocenters. The number of aromatic hydroxyl groups is 1. The van der Waals surface area contributed by atoms with E-state index in [1.807, 2.05) is 0 Å². The standard InChI is InChI=1S/C8H9ClFNO2/c1-11(13)4-5-2-6(9)7(10)3-8(5)12/h2-3,12-13H,4H2,1H3. The summed E-state index contributed by atoms with van der Waals surface area (Å²) in [6.45, 7) is 0.0891. The van der Waals surface area contributed by atoms with E-state index in [2.05, 4.69) is 0 Å². The molecule has 0 saturated heterocycles. The van der Waals surface area contributed by atoms with Crippen LogP contribution in [0.4, 0.5) is 4.39 Å². The maximum absolute atomic E-state index is 12.7. The molecule has 13 heavy (non-hydrogen) atoms. The number of rotatable bonds is 2. The van der Waals surface area contributed by atoms with E-state index in [0.29, 0.717) is 5.56 Å². The first kappa shape index (κ1) is 10.2. The summed E-state index contributed by atoms with van der Waals surface area (Å²) in [6, 6.07) is 2.19. The SMILES string of the molecule is CN(O)Cc1cc(Cl)c(F)cc1O. The molecule has 5 heteroatoms. The molecule has 1 aromatic carbocycles. The van der Waals surface area contributed by atoms with Crippen molar-refractivity contribution in [2.45, 2.75) is 6.54 Å². The van der Waals surface area contributed by atoms with Crippen LogP contribution in [0.25, 0.3) is 0 Å². The predicted molar refractivity (Wildman–Crippen MR) is 46.3 cm³/mol. The summed E-state index contributed by atoms with van der Waals surface area (Å²) in [5.41, 5.74) is 0.372. The average Bonchev–Trinajstić information content (AvgIpc) is 1.99. The number of halogens is 2. The van der Waals surface area contributed by atoms with Gasteiger partial charge in [-0.25, -0.2) is 4.39 Å². The van der Waals surface area contributed by atoms with Crippen molar-refractivity contribution in [1.82, 2.24) is 5.06 Å². The summed E-state index contributed by atoms with van der Waals surface area (Å²) in [4.78, 5) is 0. The molecule has 0 aromatic heterocycles. The van der Waals surface area contributed by atoms with Gasteiger partial charge in [-0.3, -0.25) is 0 Å². The van der Waals surface area contributed by atoms with Crippen molar-refractivity contribution in [2.24, 2.45) is 0 Å². The minimum absolute atomic E-state index is 0.0744. The lowest BCUT2D eigenvalue weighted by molar-refractivity contribution is -0.0735. The Morgan fingerprint density at radius 3 is 2.69 bits per heavy atom. The molecular weight excluding hydrogens is 197 g/mol. The normalized spacial score (nSPS) is 10.8. The fourth-order valence-electron chi connectivity index (χ4n) is 0.951. The first-order chi connectivity index (χ1) is 6.00. The van der Waals surface area contributed by atoms with Gasteiger partial charge in [0.15, 0.2) is 0 Å². The first-order valence-corrected chi connectivity index (χ1v) is 3.95. The van der Waals surface area contributed by atoms with E-state index in [1.165, 1.54) is 13.1 Å². The summed E-state index contributed by atoms with van der Waals surface area (Å²) in [6.07, 6.45) is 0. The Labute approximate surface area is 79.9 Å².